The smallest absolute Gasteiger partial charge is 0.224 e. The van der Waals surface area contributed by atoms with Gasteiger partial charge in [0.1, 0.15) is 5.82 Å². The molecular weight excluding hydrogens is 197 g/mol. The maximum Gasteiger partial charge on any atom is 0.224 e. The van der Waals surface area contributed by atoms with E-state index in [4.69, 9.17) is 5.11 Å². The first-order chi connectivity index (χ1) is 7.15. The molecule has 1 aromatic rings. The van der Waals surface area contributed by atoms with E-state index in [9.17, 15) is 9.18 Å². The summed E-state index contributed by atoms with van der Waals surface area (Å²) in [5.41, 5.74) is 0.478. The topological polar surface area (TPSA) is 40.5 Å². The van der Waals surface area contributed by atoms with E-state index < -0.39 is 0 Å². The quantitative estimate of drug-likeness (QED) is 0.812. The van der Waals surface area contributed by atoms with Gasteiger partial charge >= 0.3 is 0 Å². The average molecular weight is 211 g/mol. The molecule has 3 nitrogen and oxygen atoms in total. The SMILES string of the molecule is CN(Cc1ccccc1F)C(=O)CCO. The van der Waals surface area contributed by atoms with Crippen LogP contribution in [-0.4, -0.2) is 29.6 Å². The van der Waals surface area contributed by atoms with E-state index in [0.29, 0.717) is 5.56 Å². The molecule has 15 heavy (non-hydrogen) atoms. The zero-order chi connectivity index (χ0) is 11.3. The Morgan fingerprint density at radius 2 is 2.13 bits per heavy atom. The Labute approximate surface area is 88.1 Å². The molecule has 0 aliphatic rings. The van der Waals surface area contributed by atoms with Crippen LogP contribution in [0.5, 0.6) is 0 Å². The number of hydrogen-bond acceptors (Lipinski definition) is 2. The normalized spacial score (nSPS) is 10.1. The van der Waals surface area contributed by atoms with Gasteiger partial charge in [0.25, 0.3) is 0 Å². The lowest BCUT2D eigenvalue weighted by atomic mass is 10.2. The van der Waals surface area contributed by atoms with Crippen molar-refractivity contribution in [2.24, 2.45) is 0 Å². The molecule has 0 aliphatic heterocycles. The lowest BCUT2D eigenvalue weighted by Gasteiger charge is -2.16. The van der Waals surface area contributed by atoms with E-state index in [1.54, 1.807) is 25.2 Å². The Balaban J connectivity index is 2.62. The lowest BCUT2D eigenvalue weighted by Crippen LogP contribution is -2.27. The predicted octanol–water partition coefficient (Wildman–Crippen LogP) is 1.17. The van der Waals surface area contributed by atoms with Crippen LogP contribution in [0.15, 0.2) is 24.3 Å². The fourth-order valence-electron chi connectivity index (χ4n) is 1.26. The van der Waals surface area contributed by atoms with E-state index in [1.807, 2.05) is 0 Å². The highest BCUT2D eigenvalue weighted by atomic mass is 19.1. The molecule has 0 fully saturated rings. The molecule has 0 aromatic heterocycles. The Hall–Kier alpha value is -1.42. The van der Waals surface area contributed by atoms with Crippen LogP contribution in [0, 0.1) is 5.82 Å². The molecule has 1 amide bonds. The summed E-state index contributed by atoms with van der Waals surface area (Å²) >= 11 is 0. The van der Waals surface area contributed by atoms with Gasteiger partial charge in [-0.3, -0.25) is 4.79 Å². The summed E-state index contributed by atoms with van der Waals surface area (Å²) in [6.45, 7) is 0.0476. The Bertz CT molecular complexity index is 341. The minimum atomic E-state index is -0.318. The van der Waals surface area contributed by atoms with Gasteiger partial charge in [-0.1, -0.05) is 18.2 Å². The van der Waals surface area contributed by atoms with Crippen molar-refractivity contribution in [2.45, 2.75) is 13.0 Å². The molecule has 4 heteroatoms. The molecule has 0 heterocycles. The van der Waals surface area contributed by atoms with Crippen LogP contribution >= 0.6 is 0 Å². The maximum absolute atomic E-state index is 13.2. The third-order valence-electron chi connectivity index (χ3n) is 2.12. The number of halogens is 1. The van der Waals surface area contributed by atoms with Crippen LogP contribution in [0.25, 0.3) is 0 Å². The van der Waals surface area contributed by atoms with Crippen molar-refractivity contribution in [3.05, 3.63) is 35.6 Å². The third kappa shape index (κ3) is 3.32. The molecule has 0 bridgehead atoms. The summed E-state index contributed by atoms with van der Waals surface area (Å²) in [5.74, 6) is -0.512. The number of benzene rings is 1. The number of amides is 1. The molecule has 1 N–H and O–H groups in total. The standard InChI is InChI=1S/C11H14FNO2/c1-13(11(15)6-7-14)8-9-4-2-3-5-10(9)12/h2-5,14H,6-8H2,1H3. The minimum Gasteiger partial charge on any atom is -0.396 e. The number of carbonyl (C=O) groups excluding carboxylic acids is 1. The summed E-state index contributed by atoms with van der Waals surface area (Å²) in [7, 11) is 1.59. The second-order valence-corrected chi connectivity index (χ2v) is 3.31. The van der Waals surface area contributed by atoms with Crippen molar-refractivity contribution in [2.75, 3.05) is 13.7 Å². The molecule has 0 spiro atoms. The van der Waals surface area contributed by atoms with Gasteiger partial charge < -0.3 is 10.0 Å². The van der Waals surface area contributed by atoms with Gasteiger partial charge in [0, 0.05) is 25.6 Å². The molecule has 1 aromatic carbocycles. The highest BCUT2D eigenvalue weighted by Gasteiger charge is 2.10. The summed E-state index contributed by atoms with van der Waals surface area (Å²) in [6, 6.07) is 6.33. The number of hydrogen-bond donors (Lipinski definition) is 1. The average Bonchev–Trinajstić information content (AvgIpc) is 2.21. The van der Waals surface area contributed by atoms with E-state index >= 15 is 0 Å². The van der Waals surface area contributed by atoms with Gasteiger partial charge in [0.2, 0.25) is 5.91 Å². The maximum atomic E-state index is 13.2. The van der Waals surface area contributed by atoms with Crippen LogP contribution < -0.4 is 0 Å². The summed E-state index contributed by atoms with van der Waals surface area (Å²) in [4.78, 5) is 12.7. The van der Waals surface area contributed by atoms with Crippen LogP contribution in [0.3, 0.4) is 0 Å². The zero-order valence-electron chi connectivity index (χ0n) is 8.61. The van der Waals surface area contributed by atoms with Crippen molar-refractivity contribution in [1.29, 1.82) is 0 Å². The second-order valence-electron chi connectivity index (χ2n) is 3.31. The van der Waals surface area contributed by atoms with Gasteiger partial charge in [-0.25, -0.2) is 4.39 Å². The fourth-order valence-corrected chi connectivity index (χ4v) is 1.26. The third-order valence-corrected chi connectivity index (χ3v) is 2.12. The first-order valence-corrected chi connectivity index (χ1v) is 4.73. The molecule has 0 unspecified atom stereocenters. The van der Waals surface area contributed by atoms with Gasteiger partial charge in [-0.2, -0.15) is 0 Å². The van der Waals surface area contributed by atoms with Gasteiger partial charge in [0.05, 0.1) is 6.61 Å². The summed E-state index contributed by atoms with van der Waals surface area (Å²) in [6.07, 6.45) is 0.0744. The Kier molecular flexibility index (Phi) is 4.24. The van der Waals surface area contributed by atoms with E-state index in [-0.39, 0.29) is 31.3 Å². The molecule has 82 valence electrons. The molecule has 0 radical (unpaired) electrons. The largest absolute Gasteiger partial charge is 0.396 e. The van der Waals surface area contributed by atoms with Gasteiger partial charge in [-0.05, 0) is 6.07 Å². The summed E-state index contributed by atoms with van der Waals surface area (Å²) < 4.78 is 13.2. The highest BCUT2D eigenvalue weighted by Crippen LogP contribution is 2.09. The first-order valence-electron chi connectivity index (χ1n) is 4.73. The highest BCUT2D eigenvalue weighted by molar-refractivity contribution is 5.75. The van der Waals surface area contributed by atoms with Crippen molar-refractivity contribution < 1.29 is 14.3 Å². The van der Waals surface area contributed by atoms with Gasteiger partial charge in [-0.15, -0.1) is 0 Å². The number of carbonyl (C=O) groups is 1. The van der Waals surface area contributed by atoms with Crippen LogP contribution in [0.1, 0.15) is 12.0 Å². The van der Waals surface area contributed by atoms with Crippen molar-refractivity contribution in [1.82, 2.24) is 4.90 Å². The predicted molar refractivity (Wildman–Crippen MR) is 54.6 cm³/mol. The lowest BCUT2D eigenvalue weighted by molar-refractivity contribution is -0.131. The monoisotopic (exact) mass is 211 g/mol. The summed E-state index contributed by atoms with van der Waals surface area (Å²) in [5, 5.41) is 8.58. The fraction of sp³-hybridized carbons (Fsp3) is 0.364. The van der Waals surface area contributed by atoms with Crippen LogP contribution in [0.2, 0.25) is 0 Å². The molecule has 0 atom stereocenters. The van der Waals surface area contributed by atoms with E-state index in [0.717, 1.165) is 0 Å². The zero-order valence-corrected chi connectivity index (χ0v) is 8.61. The second kappa shape index (κ2) is 5.46. The molecule has 0 saturated heterocycles. The van der Waals surface area contributed by atoms with E-state index in [1.165, 1.54) is 11.0 Å². The first kappa shape index (κ1) is 11.7. The van der Waals surface area contributed by atoms with Crippen molar-refractivity contribution in [3.8, 4) is 0 Å². The molecule has 0 saturated carbocycles. The van der Waals surface area contributed by atoms with Crippen molar-refractivity contribution in [3.63, 3.8) is 0 Å². The minimum absolute atomic E-state index is 0.0744. The molecular formula is C11H14FNO2. The number of nitrogens with zero attached hydrogens (tertiary/aromatic N) is 1. The number of rotatable bonds is 4. The Morgan fingerprint density at radius 3 is 2.73 bits per heavy atom. The molecule has 0 aliphatic carbocycles. The number of aliphatic hydroxyl groups is 1. The van der Waals surface area contributed by atoms with E-state index in [2.05, 4.69) is 0 Å². The van der Waals surface area contributed by atoms with Crippen molar-refractivity contribution >= 4 is 5.91 Å². The Morgan fingerprint density at radius 1 is 1.47 bits per heavy atom. The molecule has 1 rings (SSSR count). The van der Waals surface area contributed by atoms with Crippen LogP contribution in [0.4, 0.5) is 4.39 Å². The van der Waals surface area contributed by atoms with Gasteiger partial charge in [0.15, 0.2) is 0 Å². The van der Waals surface area contributed by atoms with Crippen LogP contribution in [-0.2, 0) is 11.3 Å². The number of aliphatic hydroxyl groups excluding tert-OH is 1.